The summed E-state index contributed by atoms with van der Waals surface area (Å²) in [6.45, 7) is 0. The zero-order valence-electron chi connectivity index (χ0n) is 9.59. The van der Waals surface area contributed by atoms with Crippen LogP contribution in [0, 0.1) is 0 Å². The van der Waals surface area contributed by atoms with E-state index in [1.807, 2.05) is 6.07 Å². The molecule has 6 nitrogen and oxygen atoms in total. The summed E-state index contributed by atoms with van der Waals surface area (Å²) in [7, 11) is 0. The van der Waals surface area contributed by atoms with E-state index in [1.165, 1.54) is 0 Å². The van der Waals surface area contributed by atoms with Gasteiger partial charge in [0.05, 0.1) is 11.8 Å². The summed E-state index contributed by atoms with van der Waals surface area (Å²) in [6.07, 6.45) is 8.21. The molecule has 0 bridgehead atoms. The average molecular weight is 318 g/mol. The number of aromatic nitrogens is 3. The fourth-order valence-electron chi connectivity index (χ4n) is 1.71. The molecule has 0 fully saturated rings. The number of nitrogens with one attached hydrogen (secondary N) is 2. The molecule has 0 radical (unpaired) electrons. The van der Waals surface area contributed by atoms with Crippen molar-refractivity contribution in [1.29, 1.82) is 0 Å². The van der Waals surface area contributed by atoms with Gasteiger partial charge in [-0.1, -0.05) is 0 Å². The first-order valence-corrected chi connectivity index (χ1v) is 6.24. The van der Waals surface area contributed by atoms with Crippen LogP contribution in [-0.2, 0) is 4.79 Å². The van der Waals surface area contributed by atoms with Crippen LogP contribution in [-0.4, -0.2) is 26.6 Å². The van der Waals surface area contributed by atoms with Crippen molar-refractivity contribution in [1.82, 2.24) is 20.4 Å². The molecule has 2 aromatic rings. The minimum absolute atomic E-state index is 0.258. The van der Waals surface area contributed by atoms with Crippen LogP contribution < -0.4 is 5.43 Å². The maximum absolute atomic E-state index is 11.8. The van der Waals surface area contributed by atoms with Crippen molar-refractivity contribution in [2.45, 2.75) is 0 Å². The van der Waals surface area contributed by atoms with Crippen molar-refractivity contribution in [3.05, 3.63) is 52.3 Å². The van der Waals surface area contributed by atoms with Crippen LogP contribution in [0.3, 0.4) is 0 Å². The van der Waals surface area contributed by atoms with Gasteiger partial charge in [-0.2, -0.15) is 5.10 Å². The zero-order chi connectivity index (χ0) is 13.2. The molecular formula is C12H8BrN5O. The van der Waals surface area contributed by atoms with Crippen LogP contribution in [0.4, 0.5) is 0 Å². The fourth-order valence-corrected chi connectivity index (χ4v) is 2.07. The third-order valence-electron chi connectivity index (χ3n) is 2.54. The molecule has 1 amide bonds. The Morgan fingerprint density at radius 2 is 2.21 bits per heavy atom. The average Bonchev–Trinajstić information content (AvgIpc) is 2.99. The van der Waals surface area contributed by atoms with Crippen LogP contribution in [0.2, 0.25) is 0 Å². The Kier molecular flexibility index (Phi) is 2.96. The number of aromatic amines is 1. The number of carbonyl (C=O) groups is 1. The van der Waals surface area contributed by atoms with E-state index in [-0.39, 0.29) is 5.91 Å². The van der Waals surface area contributed by atoms with Crippen molar-refractivity contribution < 1.29 is 4.79 Å². The Morgan fingerprint density at radius 3 is 2.89 bits per heavy atom. The maximum Gasteiger partial charge on any atom is 0.273 e. The highest BCUT2D eigenvalue weighted by molar-refractivity contribution is 9.10. The number of hydrogen-bond acceptors (Lipinski definition) is 4. The molecule has 0 atom stereocenters. The lowest BCUT2D eigenvalue weighted by Crippen LogP contribution is -2.14. The van der Waals surface area contributed by atoms with Gasteiger partial charge in [-0.3, -0.25) is 14.8 Å². The maximum atomic E-state index is 11.8. The normalized spacial score (nSPS) is 16.6. The van der Waals surface area contributed by atoms with Crippen molar-refractivity contribution in [3.8, 4) is 0 Å². The first-order chi connectivity index (χ1) is 9.24. The molecule has 0 aromatic carbocycles. The Balaban J connectivity index is 2.01. The number of H-pyrrole nitrogens is 1. The van der Waals surface area contributed by atoms with Crippen LogP contribution in [0.25, 0.3) is 6.08 Å². The molecule has 0 saturated carbocycles. The fraction of sp³-hybridized carbons (Fsp3) is 0. The Bertz CT molecular complexity index is 689. The zero-order valence-corrected chi connectivity index (χ0v) is 11.2. The van der Waals surface area contributed by atoms with Gasteiger partial charge in [0.25, 0.3) is 5.91 Å². The topological polar surface area (TPSA) is 83.0 Å². The molecule has 7 heteroatoms. The second-order valence-electron chi connectivity index (χ2n) is 3.82. The molecule has 0 unspecified atom stereocenters. The van der Waals surface area contributed by atoms with Gasteiger partial charge in [0, 0.05) is 28.8 Å². The van der Waals surface area contributed by atoms with Gasteiger partial charge < -0.3 is 4.98 Å². The largest absolute Gasteiger partial charge is 0.361 e. The van der Waals surface area contributed by atoms with E-state index in [0.29, 0.717) is 17.0 Å². The molecule has 0 spiro atoms. The SMILES string of the molecule is O=C1NN=C(c2cnccn2)C1=Cc1cc(Br)c[nH]1. The number of halogens is 1. The van der Waals surface area contributed by atoms with Crippen molar-refractivity contribution in [3.63, 3.8) is 0 Å². The lowest BCUT2D eigenvalue weighted by Gasteiger charge is -1.99. The predicted molar refractivity (Wildman–Crippen MR) is 73.2 cm³/mol. The molecule has 19 heavy (non-hydrogen) atoms. The van der Waals surface area contributed by atoms with E-state index in [9.17, 15) is 4.79 Å². The van der Waals surface area contributed by atoms with Crippen molar-refractivity contribution in [2.75, 3.05) is 0 Å². The second-order valence-corrected chi connectivity index (χ2v) is 4.74. The number of hydrogen-bond donors (Lipinski definition) is 2. The van der Waals surface area contributed by atoms with E-state index in [4.69, 9.17) is 0 Å². The van der Waals surface area contributed by atoms with E-state index in [0.717, 1.165) is 10.2 Å². The smallest absolute Gasteiger partial charge is 0.273 e. The van der Waals surface area contributed by atoms with Crippen LogP contribution in [0.15, 0.2) is 46.0 Å². The standard InChI is InChI=1S/C12H8BrN5O/c13-7-3-8(16-5-7)4-9-11(17-18-12(9)19)10-6-14-1-2-15-10/h1-6,16H,(H,18,19). The number of nitrogens with zero attached hydrogens (tertiary/aromatic N) is 3. The summed E-state index contributed by atoms with van der Waals surface area (Å²) in [6, 6.07) is 1.87. The van der Waals surface area contributed by atoms with Gasteiger partial charge in [-0.15, -0.1) is 0 Å². The highest BCUT2D eigenvalue weighted by Gasteiger charge is 2.25. The first kappa shape index (κ1) is 11.8. The van der Waals surface area contributed by atoms with E-state index >= 15 is 0 Å². The summed E-state index contributed by atoms with van der Waals surface area (Å²) in [5, 5.41) is 3.99. The number of carbonyl (C=O) groups excluding carboxylic acids is 1. The van der Waals surface area contributed by atoms with Gasteiger partial charge in [-0.05, 0) is 28.1 Å². The van der Waals surface area contributed by atoms with Gasteiger partial charge in [0.2, 0.25) is 0 Å². The van der Waals surface area contributed by atoms with Crippen molar-refractivity contribution >= 4 is 33.6 Å². The molecule has 1 aliphatic heterocycles. The molecule has 0 aliphatic carbocycles. The first-order valence-electron chi connectivity index (χ1n) is 5.44. The summed E-state index contributed by atoms with van der Waals surface area (Å²) >= 11 is 3.34. The van der Waals surface area contributed by atoms with Gasteiger partial charge in [-0.25, -0.2) is 5.43 Å². The Hall–Kier alpha value is -2.28. The van der Waals surface area contributed by atoms with Crippen molar-refractivity contribution in [2.24, 2.45) is 5.10 Å². The predicted octanol–water partition coefficient (Wildman–Crippen LogP) is 1.48. The quantitative estimate of drug-likeness (QED) is 0.823. The number of hydrazone groups is 1. The van der Waals surface area contributed by atoms with Gasteiger partial charge >= 0.3 is 0 Å². The van der Waals surface area contributed by atoms with E-state index in [2.05, 4.69) is 41.4 Å². The molecule has 0 saturated heterocycles. The monoisotopic (exact) mass is 317 g/mol. The Labute approximate surface area is 116 Å². The molecule has 3 rings (SSSR count). The van der Waals surface area contributed by atoms with Gasteiger partial charge in [0.1, 0.15) is 11.4 Å². The lowest BCUT2D eigenvalue weighted by molar-refractivity contribution is -0.116. The lowest BCUT2D eigenvalue weighted by atomic mass is 10.1. The van der Waals surface area contributed by atoms with Crippen LogP contribution in [0.5, 0.6) is 0 Å². The molecule has 1 aliphatic rings. The van der Waals surface area contributed by atoms with Gasteiger partial charge in [0.15, 0.2) is 0 Å². The van der Waals surface area contributed by atoms with Crippen LogP contribution in [0.1, 0.15) is 11.4 Å². The van der Waals surface area contributed by atoms with Crippen LogP contribution >= 0.6 is 15.9 Å². The minimum atomic E-state index is -0.258. The highest BCUT2D eigenvalue weighted by Crippen LogP contribution is 2.18. The third-order valence-corrected chi connectivity index (χ3v) is 3.00. The highest BCUT2D eigenvalue weighted by atomic mass is 79.9. The minimum Gasteiger partial charge on any atom is -0.361 e. The number of rotatable bonds is 2. The summed E-state index contributed by atoms with van der Waals surface area (Å²) in [4.78, 5) is 23.0. The Morgan fingerprint density at radius 1 is 1.32 bits per heavy atom. The molecular weight excluding hydrogens is 310 g/mol. The second kappa shape index (κ2) is 4.77. The third kappa shape index (κ3) is 2.32. The molecule has 94 valence electrons. The summed E-state index contributed by atoms with van der Waals surface area (Å²) in [5.41, 5.74) is 4.73. The molecule has 2 N–H and O–H groups in total. The van der Waals surface area contributed by atoms with E-state index < -0.39 is 0 Å². The summed E-state index contributed by atoms with van der Waals surface area (Å²) < 4.78 is 0.913. The molecule has 2 aromatic heterocycles. The summed E-state index contributed by atoms with van der Waals surface area (Å²) in [5.74, 6) is -0.258. The molecule has 3 heterocycles. The van der Waals surface area contributed by atoms with E-state index in [1.54, 1.807) is 30.9 Å². The number of amides is 1.